The van der Waals surface area contributed by atoms with Crippen molar-refractivity contribution >= 4 is 39.1 Å². The second-order valence-electron chi connectivity index (χ2n) is 2.92. The van der Waals surface area contributed by atoms with E-state index in [2.05, 4.69) is 21.1 Å². The molecular weight excluding hydrogens is 301 g/mol. The third kappa shape index (κ3) is 2.19. The van der Waals surface area contributed by atoms with Gasteiger partial charge in [-0.2, -0.15) is 0 Å². The summed E-state index contributed by atoms with van der Waals surface area (Å²) in [5, 5.41) is 4.63. The first-order valence-electron chi connectivity index (χ1n) is 4.18. The predicted molar refractivity (Wildman–Crippen MR) is 64.2 cm³/mol. The van der Waals surface area contributed by atoms with Gasteiger partial charge in [-0.25, -0.2) is 0 Å². The molecule has 0 saturated carbocycles. The monoisotopic (exact) mass is 305 g/mol. The van der Waals surface area contributed by atoms with Gasteiger partial charge >= 0.3 is 0 Å². The summed E-state index contributed by atoms with van der Waals surface area (Å²) in [4.78, 5) is 0. The minimum Gasteiger partial charge on any atom is -0.348 e. The van der Waals surface area contributed by atoms with Gasteiger partial charge in [-0.1, -0.05) is 28.9 Å². The molecule has 0 amide bonds. The normalized spacial score (nSPS) is 10.6. The lowest BCUT2D eigenvalue weighted by atomic mass is 10.1. The van der Waals surface area contributed by atoms with Gasteiger partial charge < -0.3 is 4.52 Å². The average Bonchev–Trinajstić information content (AvgIpc) is 2.61. The van der Waals surface area contributed by atoms with Crippen LogP contribution in [0.25, 0.3) is 11.3 Å². The van der Waals surface area contributed by atoms with E-state index in [9.17, 15) is 0 Å². The fourth-order valence-corrected chi connectivity index (χ4v) is 2.18. The highest BCUT2D eigenvalue weighted by Gasteiger charge is 2.14. The number of halogens is 3. The van der Waals surface area contributed by atoms with E-state index in [1.54, 1.807) is 12.1 Å². The first-order chi connectivity index (χ1) is 7.22. The van der Waals surface area contributed by atoms with Gasteiger partial charge in [-0.05, 0) is 28.1 Å². The molecule has 1 aromatic heterocycles. The maximum Gasteiger partial charge on any atom is 0.206 e. The van der Waals surface area contributed by atoms with Crippen LogP contribution in [0.1, 0.15) is 5.56 Å². The molecule has 0 unspecified atom stereocenters. The van der Waals surface area contributed by atoms with Crippen molar-refractivity contribution < 1.29 is 4.52 Å². The van der Waals surface area contributed by atoms with Gasteiger partial charge in [0.2, 0.25) is 4.67 Å². The van der Waals surface area contributed by atoms with Crippen LogP contribution in [0.3, 0.4) is 0 Å². The molecule has 0 fully saturated rings. The summed E-state index contributed by atoms with van der Waals surface area (Å²) in [6.45, 7) is 0. The molecule has 0 saturated heterocycles. The van der Waals surface area contributed by atoms with E-state index < -0.39 is 0 Å². The zero-order chi connectivity index (χ0) is 10.8. The second kappa shape index (κ2) is 4.56. The standard InChI is InChI=1S/C10H6BrCl2NO/c11-10-8(5-12)9(14-15-10)6-1-3-7(13)4-2-6/h1-4H,5H2. The molecular formula is C10H6BrCl2NO. The molecule has 2 nitrogen and oxygen atoms in total. The Bertz CT molecular complexity index is 467. The highest BCUT2D eigenvalue weighted by Crippen LogP contribution is 2.30. The van der Waals surface area contributed by atoms with Gasteiger partial charge in [0.15, 0.2) is 0 Å². The number of hydrogen-bond acceptors (Lipinski definition) is 2. The smallest absolute Gasteiger partial charge is 0.206 e. The number of benzene rings is 1. The fourth-order valence-electron chi connectivity index (χ4n) is 1.24. The Morgan fingerprint density at radius 3 is 2.53 bits per heavy atom. The molecule has 0 N–H and O–H groups in total. The molecule has 2 aromatic rings. The molecule has 0 radical (unpaired) electrons. The number of rotatable bonds is 2. The lowest BCUT2D eigenvalue weighted by molar-refractivity contribution is 0.401. The molecule has 0 aliphatic rings. The molecule has 0 spiro atoms. The van der Waals surface area contributed by atoms with E-state index in [0.717, 1.165) is 16.8 Å². The zero-order valence-electron chi connectivity index (χ0n) is 7.51. The van der Waals surface area contributed by atoms with Gasteiger partial charge in [0.05, 0.1) is 5.88 Å². The second-order valence-corrected chi connectivity index (χ2v) is 4.35. The summed E-state index contributed by atoms with van der Waals surface area (Å²) >= 11 is 14.9. The topological polar surface area (TPSA) is 26.0 Å². The van der Waals surface area contributed by atoms with Crippen molar-refractivity contribution in [3.8, 4) is 11.3 Å². The van der Waals surface area contributed by atoms with Crippen LogP contribution in [0.2, 0.25) is 5.02 Å². The maximum atomic E-state index is 5.80. The van der Waals surface area contributed by atoms with Crippen LogP contribution in [0, 0.1) is 0 Å². The summed E-state index contributed by atoms with van der Waals surface area (Å²) in [6.07, 6.45) is 0. The summed E-state index contributed by atoms with van der Waals surface area (Å²) in [5.74, 6) is 0.349. The molecule has 15 heavy (non-hydrogen) atoms. The van der Waals surface area contributed by atoms with Crippen LogP contribution >= 0.6 is 39.1 Å². The van der Waals surface area contributed by atoms with Crippen molar-refractivity contribution in [3.63, 3.8) is 0 Å². The molecule has 2 rings (SSSR count). The van der Waals surface area contributed by atoms with Crippen molar-refractivity contribution in [1.29, 1.82) is 0 Å². The molecule has 0 bridgehead atoms. The minimum atomic E-state index is 0.349. The lowest BCUT2D eigenvalue weighted by Crippen LogP contribution is -1.83. The van der Waals surface area contributed by atoms with Crippen LogP contribution in [-0.4, -0.2) is 5.16 Å². The van der Waals surface area contributed by atoms with Gasteiger partial charge in [0, 0.05) is 16.1 Å². The van der Waals surface area contributed by atoms with E-state index in [1.807, 2.05) is 12.1 Å². The molecule has 78 valence electrons. The molecule has 0 aliphatic heterocycles. The largest absolute Gasteiger partial charge is 0.348 e. The average molecular weight is 307 g/mol. The number of hydrogen-bond donors (Lipinski definition) is 0. The van der Waals surface area contributed by atoms with E-state index in [1.165, 1.54) is 0 Å². The Balaban J connectivity index is 2.49. The fraction of sp³-hybridized carbons (Fsp3) is 0.100. The summed E-state index contributed by atoms with van der Waals surface area (Å²) < 4.78 is 5.59. The number of alkyl halides is 1. The quantitative estimate of drug-likeness (QED) is 0.764. The van der Waals surface area contributed by atoms with Crippen molar-refractivity contribution in [2.75, 3.05) is 0 Å². The Morgan fingerprint density at radius 1 is 1.27 bits per heavy atom. The first-order valence-corrected chi connectivity index (χ1v) is 5.89. The SMILES string of the molecule is ClCc1c(-c2ccc(Cl)cc2)noc1Br. The van der Waals surface area contributed by atoms with Crippen molar-refractivity contribution in [1.82, 2.24) is 5.16 Å². The van der Waals surface area contributed by atoms with Crippen molar-refractivity contribution in [2.45, 2.75) is 5.88 Å². The van der Waals surface area contributed by atoms with Crippen LogP contribution in [0.15, 0.2) is 33.5 Å². The molecule has 0 atom stereocenters. The summed E-state index contributed by atoms with van der Waals surface area (Å²) in [6, 6.07) is 7.36. The Morgan fingerprint density at radius 2 is 1.93 bits per heavy atom. The molecule has 0 aliphatic carbocycles. The van der Waals surface area contributed by atoms with Gasteiger partial charge in [-0.15, -0.1) is 11.6 Å². The summed E-state index contributed by atoms with van der Waals surface area (Å²) in [7, 11) is 0. The Kier molecular flexibility index (Phi) is 3.34. The highest BCUT2D eigenvalue weighted by molar-refractivity contribution is 9.10. The van der Waals surface area contributed by atoms with Crippen LogP contribution in [-0.2, 0) is 5.88 Å². The Hall–Kier alpha value is -0.510. The van der Waals surface area contributed by atoms with E-state index >= 15 is 0 Å². The zero-order valence-corrected chi connectivity index (χ0v) is 10.6. The lowest BCUT2D eigenvalue weighted by Gasteiger charge is -1.98. The van der Waals surface area contributed by atoms with E-state index in [4.69, 9.17) is 27.7 Å². The van der Waals surface area contributed by atoms with Crippen molar-refractivity contribution in [3.05, 3.63) is 39.5 Å². The summed E-state index contributed by atoms with van der Waals surface area (Å²) in [5.41, 5.74) is 2.53. The number of nitrogens with zero attached hydrogens (tertiary/aromatic N) is 1. The third-order valence-electron chi connectivity index (χ3n) is 1.99. The van der Waals surface area contributed by atoms with Crippen molar-refractivity contribution in [2.24, 2.45) is 0 Å². The molecule has 1 aromatic carbocycles. The van der Waals surface area contributed by atoms with Crippen LogP contribution in [0.4, 0.5) is 0 Å². The van der Waals surface area contributed by atoms with Gasteiger partial charge in [0.25, 0.3) is 0 Å². The van der Waals surface area contributed by atoms with Crippen LogP contribution in [0.5, 0.6) is 0 Å². The van der Waals surface area contributed by atoms with Gasteiger partial charge in [-0.3, -0.25) is 0 Å². The highest BCUT2D eigenvalue weighted by atomic mass is 79.9. The molecule has 1 heterocycles. The van der Waals surface area contributed by atoms with Crippen LogP contribution < -0.4 is 0 Å². The molecule has 5 heteroatoms. The van der Waals surface area contributed by atoms with Gasteiger partial charge in [0.1, 0.15) is 5.69 Å². The third-order valence-corrected chi connectivity index (χ3v) is 3.13. The predicted octanol–water partition coefficient (Wildman–Crippen LogP) is 4.50. The minimum absolute atomic E-state index is 0.349. The van der Waals surface area contributed by atoms with E-state index in [0.29, 0.717) is 15.6 Å². The maximum absolute atomic E-state index is 5.80. The Labute approximate surface area is 105 Å². The number of aromatic nitrogens is 1. The first kappa shape index (κ1) is 11.0. The van der Waals surface area contributed by atoms with E-state index in [-0.39, 0.29) is 0 Å².